The Labute approximate surface area is 149 Å². The number of fused-ring (bicyclic) bond motifs is 1. The second kappa shape index (κ2) is 5.92. The maximum Gasteiger partial charge on any atom is 0.261 e. The fourth-order valence-electron chi connectivity index (χ4n) is 2.83. The van der Waals surface area contributed by atoms with E-state index >= 15 is 0 Å². The average molecular weight is 370 g/mol. The van der Waals surface area contributed by atoms with Gasteiger partial charge < -0.3 is 5.32 Å². The van der Waals surface area contributed by atoms with Gasteiger partial charge >= 0.3 is 0 Å². The summed E-state index contributed by atoms with van der Waals surface area (Å²) in [6.45, 7) is 1.78. The fraction of sp³-hybridized carbons (Fsp3) is 0.125. The van der Waals surface area contributed by atoms with Crippen LogP contribution in [0.2, 0.25) is 0 Å². The summed E-state index contributed by atoms with van der Waals surface area (Å²) < 4.78 is 29.6. The average Bonchev–Trinajstić information content (AvgIpc) is 3.24. The Hall–Kier alpha value is -3.27. The molecule has 0 bridgehead atoms. The van der Waals surface area contributed by atoms with Gasteiger partial charge in [-0.3, -0.25) is 9.52 Å². The molecule has 3 aromatic rings. The van der Waals surface area contributed by atoms with Crippen molar-refractivity contribution in [1.82, 2.24) is 20.2 Å². The number of benzene rings is 2. The number of tetrazole rings is 1. The number of hydrogen-bond acceptors (Lipinski definition) is 6. The van der Waals surface area contributed by atoms with Crippen molar-refractivity contribution in [3.63, 3.8) is 0 Å². The summed E-state index contributed by atoms with van der Waals surface area (Å²) in [7, 11) is -3.81. The molecule has 26 heavy (non-hydrogen) atoms. The molecule has 132 valence electrons. The largest absolute Gasteiger partial charge is 0.326 e. The Bertz CT molecular complexity index is 1110. The van der Waals surface area contributed by atoms with E-state index in [-0.39, 0.29) is 17.2 Å². The van der Waals surface area contributed by atoms with Gasteiger partial charge in [0.1, 0.15) is 6.33 Å². The SMILES string of the molecule is Cc1c(NS(=O)(=O)c2ccc3c(c2)CC(=O)N3)cccc1-n1cnnn1. The van der Waals surface area contributed by atoms with E-state index in [9.17, 15) is 13.2 Å². The van der Waals surface area contributed by atoms with Gasteiger partial charge in [-0.05, 0) is 58.8 Å². The number of nitrogens with one attached hydrogen (secondary N) is 2. The van der Waals surface area contributed by atoms with E-state index < -0.39 is 10.0 Å². The smallest absolute Gasteiger partial charge is 0.261 e. The molecular weight excluding hydrogens is 356 g/mol. The highest BCUT2D eigenvalue weighted by Crippen LogP contribution is 2.28. The van der Waals surface area contributed by atoms with Gasteiger partial charge in [-0.15, -0.1) is 5.10 Å². The molecule has 4 rings (SSSR count). The first-order valence-electron chi connectivity index (χ1n) is 7.72. The van der Waals surface area contributed by atoms with E-state index in [1.54, 1.807) is 31.2 Å². The minimum atomic E-state index is -3.81. The highest BCUT2D eigenvalue weighted by atomic mass is 32.2. The summed E-state index contributed by atoms with van der Waals surface area (Å²) in [4.78, 5) is 11.5. The molecule has 0 fully saturated rings. The molecule has 1 amide bonds. The molecule has 1 aromatic heterocycles. The summed E-state index contributed by atoms with van der Waals surface area (Å²) in [5.41, 5.74) is 3.08. The Balaban J connectivity index is 1.68. The zero-order valence-corrected chi connectivity index (χ0v) is 14.5. The Morgan fingerprint density at radius 1 is 1.23 bits per heavy atom. The third-order valence-corrected chi connectivity index (χ3v) is 5.52. The number of sulfonamides is 1. The Morgan fingerprint density at radius 2 is 2.08 bits per heavy atom. The van der Waals surface area contributed by atoms with Gasteiger partial charge in [0.15, 0.2) is 0 Å². The molecule has 2 heterocycles. The third kappa shape index (κ3) is 2.80. The topological polar surface area (TPSA) is 119 Å². The number of carbonyl (C=O) groups is 1. The van der Waals surface area contributed by atoms with E-state index in [0.29, 0.717) is 28.2 Å². The second-order valence-electron chi connectivity index (χ2n) is 5.85. The lowest BCUT2D eigenvalue weighted by molar-refractivity contribution is -0.115. The van der Waals surface area contributed by atoms with Crippen LogP contribution in [0.1, 0.15) is 11.1 Å². The molecule has 0 saturated carbocycles. The lowest BCUT2D eigenvalue weighted by Gasteiger charge is -2.13. The van der Waals surface area contributed by atoms with Gasteiger partial charge in [0.05, 0.1) is 22.7 Å². The zero-order chi connectivity index (χ0) is 18.3. The number of nitrogens with zero attached hydrogens (tertiary/aromatic N) is 4. The summed E-state index contributed by atoms with van der Waals surface area (Å²) in [5.74, 6) is -0.146. The standard InChI is InChI=1S/C16H14N6O3S/c1-10-13(3-2-4-15(10)22-9-17-20-21-22)19-26(24,25)12-5-6-14-11(7-12)8-16(23)18-14/h2-7,9,19H,8H2,1H3,(H,18,23). The highest BCUT2D eigenvalue weighted by molar-refractivity contribution is 7.92. The highest BCUT2D eigenvalue weighted by Gasteiger charge is 2.22. The molecule has 0 atom stereocenters. The number of aromatic nitrogens is 4. The number of anilines is 2. The molecule has 0 spiro atoms. The van der Waals surface area contributed by atoms with Gasteiger partial charge in [-0.25, -0.2) is 13.1 Å². The van der Waals surface area contributed by atoms with Crippen LogP contribution in [0, 0.1) is 6.92 Å². The van der Waals surface area contributed by atoms with E-state index in [2.05, 4.69) is 25.6 Å². The van der Waals surface area contributed by atoms with Crippen LogP contribution in [0.3, 0.4) is 0 Å². The quantitative estimate of drug-likeness (QED) is 0.714. The first-order valence-corrected chi connectivity index (χ1v) is 9.21. The van der Waals surface area contributed by atoms with E-state index in [0.717, 1.165) is 0 Å². The first kappa shape index (κ1) is 16.2. The third-order valence-electron chi connectivity index (χ3n) is 4.16. The van der Waals surface area contributed by atoms with Crippen LogP contribution in [0.25, 0.3) is 5.69 Å². The van der Waals surface area contributed by atoms with Crippen LogP contribution in [0.15, 0.2) is 47.6 Å². The minimum absolute atomic E-state index is 0.0972. The number of rotatable bonds is 4. The summed E-state index contributed by atoms with van der Waals surface area (Å²) in [6, 6.07) is 9.74. The Morgan fingerprint density at radius 3 is 2.85 bits per heavy atom. The normalized spacial score (nSPS) is 13.3. The van der Waals surface area contributed by atoms with Gasteiger partial charge in [0.25, 0.3) is 10.0 Å². The fourth-order valence-corrected chi connectivity index (χ4v) is 4.00. The van der Waals surface area contributed by atoms with Gasteiger partial charge in [-0.2, -0.15) is 0 Å². The summed E-state index contributed by atoms with van der Waals surface area (Å²) in [5, 5.41) is 13.7. The van der Waals surface area contributed by atoms with Crippen molar-refractivity contribution in [2.24, 2.45) is 0 Å². The monoisotopic (exact) mass is 370 g/mol. The molecule has 2 N–H and O–H groups in total. The van der Waals surface area contributed by atoms with Crippen molar-refractivity contribution in [2.75, 3.05) is 10.0 Å². The minimum Gasteiger partial charge on any atom is -0.326 e. The van der Waals surface area contributed by atoms with Gasteiger partial charge in [0, 0.05) is 5.69 Å². The van der Waals surface area contributed by atoms with Crippen molar-refractivity contribution in [3.05, 3.63) is 53.9 Å². The van der Waals surface area contributed by atoms with Crippen LogP contribution in [-0.4, -0.2) is 34.5 Å². The van der Waals surface area contributed by atoms with Crippen molar-refractivity contribution in [3.8, 4) is 5.69 Å². The predicted molar refractivity (Wildman–Crippen MR) is 93.5 cm³/mol. The molecule has 0 saturated heterocycles. The molecule has 1 aliphatic rings. The lowest BCUT2D eigenvalue weighted by Crippen LogP contribution is -2.14. The van der Waals surface area contributed by atoms with Crippen LogP contribution in [-0.2, 0) is 21.2 Å². The van der Waals surface area contributed by atoms with Crippen LogP contribution in [0.5, 0.6) is 0 Å². The Kier molecular flexibility index (Phi) is 3.69. The molecule has 0 unspecified atom stereocenters. The molecule has 0 aliphatic carbocycles. The van der Waals surface area contributed by atoms with E-state index in [1.165, 1.54) is 23.1 Å². The lowest BCUT2D eigenvalue weighted by atomic mass is 10.1. The van der Waals surface area contributed by atoms with Crippen molar-refractivity contribution < 1.29 is 13.2 Å². The summed E-state index contributed by atoms with van der Waals surface area (Å²) >= 11 is 0. The number of hydrogen-bond donors (Lipinski definition) is 2. The van der Waals surface area contributed by atoms with Crippen molar-refractivity contribution in [2.45, 2.75) is 18.2 Å². The molecule has 0 radical (unpaired) electrons. The predicted octanol–water partition coefficient (Wildman–Crippen LogP) is 1.27. The molecule has 10 heteroatoms. The van der Waals surface area contributed by atoms with Crippen LogP contribution < -0.4 is 10.0 Å². The summed E-state index contributed by atoms with van der Waals surface area (Å²) in [6.07, 6.45) is 1.61. The van der Waals surface area contributed by atoms with Gasteiger partial charge in [-0.1, -0.05) is 6.07 Å². The maximum atomic E-state index is 12.8. The van der Waals surface area contributed by atoms with Crippen molar-refractivity contribution >= 4 is 27.3 Å². The van der Waals surface area contributed by atoms with Crippen LogP contribution in [0.4, 0.5) is 11.4 Å². The molecular formula is C16H14N6O3S. The van der Waals surface area contributed by atoms with E-state index in [1.807, 2.05) is 0 Å². The maximum absolute atomic E-state index is 12.8. The number of amides is 1. The van der Waals surface area contributed by atoms with Crippen LogP contribution >= 0.6 is 0 Å². The molecule has 1 aliphatic heterocycles. The van der Waals surface area contributed by atoms with Gasteiger partial charge in [0.2, 0.25) is 5.91 Å². The molecule has 2 aromatic carbocycles. The second-order valence-corrected chi connectivity index (χ2v) is 7.54. The van der Waals surface area contributed by atoms with Crippen molar-refractivity contribution in [1.29, 1.82) is 0 Å². The zero-order valence-electron chi connectivity index (χ0n) is 13.7. The first-order chi connectivity index (χ1) is 12.4. The molecule has 9 nitrogen and oxygen atoms in total. The number of carbonyl (C=O) groups excluding carboxylic acids is 1. The van der Waals surface area contributed by atoms with E-state index in [4.69, 9.17) is 0 Å².